The lowest BCUT2D eigenvalue weighted by Gasteiger charge is -2.23. The van der Waals surface area contributed by atoms with E-state index in [0.29, 0.717) is 0 Å². The third kappa shape index (κ3) is 3.70. The van der Waals surface area contributed by atoms with Gasteiger partial charge in [-0.1, -0.05) is 103 Å². The van der Waals surface area contributed by atoms with Crippen molar-refractivity contribution in [3.05, 3.63) is 114 Å². The highest BCUT2D eigenvalue weighted by molar-refractivity contribution is 6.38. The van der Waals surface area contributed by atoms with Gasteiger partial charge in [0.05, 0.1) is 11.8 Å². The van der Waals surface area contributed by atoms with E-state index in [9.17, 15) is 0 Å². The lowest BCUT2D eigenvalue weighted by molar-refractivity contribution is 0.639. The van der Waals surface area contributed by atoms with Crippen LogP contribution in [0.1, 0.15) is 22.7 Å². The second-order valence-corrected chi connectivity index (χ2v) is 6.27. The topological polar surface area (TPSA) is 24.7 Å². The molecule has 0 aromatic heterocycles. The lowest BCUT2D eigenvalue weighted by atomic mass is 9.97. The quantitative estimate of drug-likeness (QED) is 0.611. The number of aliphatic imine (C=N–C) groups is 2. The smallest absolute Gasteiger partial charge is 0.101 e. The van der Waals surface area contributed by atoms with Gasteiger partial charge in [-0.15, -0.1) is 0 Å². The van der Waals surface area contributed by atoms with Gasteiger partial charge in [0.2, 0.25) is 0 Å². The van der Waals surface area contributed by atoms with Crippen molar-refractivity contribution in [2.45, 2.75) is 12.1 Å². The molecule has 0 amide bonds. The third-order valence-corrected chi connectivity index (χ3v) is 4.47. The lowest BCUT2D eigenvalue weighted by Crippen LogP contribution is -2.22. The third-order valence-electron chi connectivity index (χ3n) is 4.47. The van der Waals surface area contributed by atoms with E-state index in [1.807, 2.05) is 48.7 Å². The minimum Gasteiger partial charge on any atom is -0.280 e. The molecule has 0 saturated heterocycles. The minimum absolute atomic E-state index is 0.00336. The maximum atomic E-state index is 5.01. The molecule has 2 atom stereocenters. The van der Waals surface area contributed by atoms with E-state index in [4.69, 9.17) is 9.98 Å². The van der Waals surface area contributed by atoms with Gasteiger partial charge >= 0.3 is 0 Å². The van der Waals surface area contributed by atoms with Crippen LogP contribution in [0.5, 0.6) is 0 Å². The molecule has 2 unspecified atom stereocenters. The van der Waals surface area contributed by atoms with Crippen molar-refractivity contribution in [2.24, 2.45) is 9.98 Å². The Hall–Kier alpha value is -3.26. The molecule has 1 heterocycles. The van der Waals surface area contributed by atoms with Gasteiger partial charge in [-0.25, -0.2) is 0 Å². The fourth-order valence-electron chi connectivity index (χ4n) is 3.12. The van der Waals surface area contributed by atoms with Crippen LogP contribution in [0.15, 0.2) is 107 Å². The predicted octanol–water partition coefficient (Wildman–Crippen LogP) is 5.38. The molecule has 0 aliphatic carbocycles. The summed E-state index contributed by atoms with van der Waals surface area (Å²) in [6, 6.07) is 30.9. The Morgan fingerprint density at radius 1 is 0.692 bits per heavy atom. The molecule has 0 saturated carbocycles. The normalized spacial score (nSPS) is 19.5. The number of hydrogen-bond acceptors (Lipinski definition) is 2. The van der Waals surface area contributed by atoms with E-state index >= 15 is 0 Å². The second kappa shape index (κ2) is 7.75. The Morgan fingerprint density at radius 2 is 1.31 bits per heavy atom. The number of hydrogen-bond donors (Lipinski definition) is 0. The van der Waals surface area contributed by atoms with Crippen LogP contribution in [0.2, 0.25) is 0 Å². The molecule has 0 bridgehead atoms. The van der Waals surface area contributed by atoms with Crippen molar-refractivity contribution < 1.29 is 0 Å². The van der Waals surface area contributed by atoms with Crippen LogP contribution < -0.4 is 0 Å². The van der Waals surface area contributed by atoms with Crippen molar-refractivity contribution in [1.82, 2.24) is 0 Å². The molecule has 0 radical (unpaired) electrons. The summed E-state index contributed by atoms with van der Waals surface area (Å²) < 4.78 is 0. The Labute approximate surface area is 154 Å². The predicted molar refractivity (Wildman–Crippen MR) is 110 cm³/mol. The molecule has 0 spiro atoms. The molecular weight excluding hydrogens is 316 g/mol. The molecule has 1 aliphatic heterocycles. The van der Waals surface area contributed by atoms with Gasteiger partial charge in [-0.3, -0.25) is 9.98 Å². The molecule has 26 heavy (non-hydrogen) atoms. The first-order valence-electron chi connectivity index (χ1n) is 8.85. The minimum atomic E-state index is -0.0298. The van der Waals surface area contributed by atoms with Crippen LogP contribution in [0.4, 0.5) is 0 Å². The molecule has 1 aliphatic rings. The summed E-state index contributed by atoms with van der Waals surface area (Å²) in [4.78, 5) is 9.85. The number of rotatable bonds is 4. The van der Waals surface area contributed by atoms with Crippen molar-refractivity contribution >= 4 is 18.0 Å². The van der Waals surface area contributed by atoms with Crippen LogP contribution in [0, 0.1) is 0 Å². The van der Waals surface area contributed by atoms with Crippen LogP contribution >= 0.6 is 0 Å². The summed E-state index contributed by atoms with van der Waals surface area (Å²) >= 11 is 0. The maximum Gasteiger partial charge on any atom is 0.101 e. The SMILES string of the molecule is C1=NC(c2ccccc2)C(/C=C/c2ccccc2)N=C1c1ccccc1. The largest absolute Gasteiger partial charge is 0.280 e. The van der Waals surface area contributed by atoms with E-state index in [1.54, 1.807) is 0 Å². The molecule has 3 aromatic carbocycles. The van der Waals surface area contributed by atoms with E-state index in [1.165, 1.54) is 11.1 Å². The highest BCUT2D eigenvalue weighted by Gasteiger charge is 2.23. The maximum absolute atomic E-state index is 5.01. The second-order valence-electron chi connectivity index (χ2n) is 6.27. The van der Waals surface area contributed by atoms with Crippen molar-refractivity contribution in [3.63, 3.8) is 0 Å². The fourth-order valence-corrected chi connectivity index (χ4v) is 3.12. The van der Waals surface area contributed by atoms with Crippen molar-refractivity contribution in [3.8, 4) is 0 Å². The average Bonchev–Trinajstić information content (AvgIpc) is 2.74. The van der Waals surface area contributed by atoms with Crippen molar-refractivity contribution in [1.29, 1.82) is 0 Å². The first-order chi connectivity index (χ1) is 12.9. The Balaban J connectivity index is 1.69. The zero-order valence-corrected chi connectivity index (χ0v) is 14.4. The highest BCUT2D eigenvalue weighted by atomic mass is 15.0. The van der Waals surface area contributed by atoms with Gasteiger partial charge in [0.15, 0.2) is 0 Å². The fraction of sp³-hybridized carbons (Fsp3) is 0.0833. The molecule has 0 N–H and O–H groups in total. The van der Waals surface area contributed by atoms with E-state index in [2.05, 4.69) is 60.7 Å². The highest BCUT2D eigenvalue weighted by Crippen LogP contribution is 2.28. The van der Waals surface area contributed by atoms with Gasteiger partial charge in [0.25, 0.3) is 0 Å². The van der Waals surface area contributed by atoms with E-state index in [-0.39, 0.29) is 12.1 Å². The van der Waals surface area contributed by atoms with Gasteiger partial charge in [0, 0.05) is 11.8 Å². The Bertz CT molecular complexity index is 926. The zero-order chi connectivity index (χ0) is 17.6. The summed E-state index contributed by atoms with van der Waals surface area (Å²) in [5.74, 6) is 0. The number of nitrogens with zero attached hydrogens (tertiary/aromatic N) is 2. The Morgan fingerprint density at radius 3 is 2.00 bits per heavy atom. The molecule has 4 rings (SSSR count). The van der Waals surface area contributed by atoms with E-state index in [0.717, 1.165) is 11.3 Å². The Kier molecular flexibility index (Phi) is 4.83. The molecule has 3 aromatic rings. The van der Waals surface area contributed by atoms with Gasteiger partial charge in [-0.05, 0) is 11.1 Å². The van der Waals surface area contributed by atoms with Crippen LogP contribution in [0.3, 0.4) is 0 Å². The summed E-state index contributed by atoms with van der Waals surface area (Å²) in [7, 11) is 0. The summed E-state index contributed by atoms with van der Waals surface area (Å²) in [6.07, 6.45) is 6.19. The van der Waals surface area contributed by atoms with E-state index < -0.39 is 0 Å². The summed E-state index contributed by atoms with van der Waals surface area (Å²) in [6.45, 7) is 0. The van der Waals surface area contributed by atoms with Crippen LogP contribution in [0.25, 0.3) is 6.08 Å². The van der Waals surface area contributed by atoms with Crippen molar-refractivity contribution in [2.75, 3.05) is 0 Å². The number of benzene rings is 3. The van der Waals surface area contributed by atoms with Crippen LogP contribution in [-0.2, 0) is 0 Å². The monoisotopic (exact) mass is 336 g/mol. The zero-order valence-electron chi connectivity index (χ0n) is 14.4. The first-order valence-corrected chi connectivity index (χ1v) is 8.85. The standard InChI is InChI=1S/C24H20N2/c1-4-10-19(11-5-1)16-17-22-24(21-14-8-3-9-15-21)25-18-23(26-22)20-12-6-2-7-13-20/h1-18,22,24H/b17-16+. The molecule has 2 heteroatoms. The average molecular weight is 336 g/mol. The van der Waals surface area contributed by atoms with Gasteiger partial charge in [-0.2, -0.15) is 0 Å². The van der Waals surface area contributed by atoms with Crippen LogP contribution in [-0.4, -0.2) is 18.0 Å². The first kappa shape index (κ1) is 16.2. The summed E-state index contributed by atoms with van der Waals surface area (Å²) in [5.41, 5.74) is 4.38. The van der Waals surface area contributed by atoms with Gasteiger partial charge in [0.1, 0.15) is 6.04 Å². The molecule has 126 valence electrons. The molecule has 0 fully saturated rings. The molecular formula is C24H20N2. The molecule has 2 nitrogen and oxygen atoms in total. The van der Waals surface area contributed by atoms with Gasteiger partial charge < -0.3 is 0 Å². The summed E-state index contributed by atoms with van der Waals surface area (Å²) in [5, 5.41) is 0.